The number of amides is 2. The maximum Gasteiger partial charge on any atom is 0.321 e. The molecule has 1 saturated heterocycles. The molecule has 1 aliphatic heterocycles. The van der Waals surface area contributed by atoms with Gasteiger partial charge in [0.1, 0.15) is 0 Å². The predicted molar refractivity (Wildman–Crippen MR) is 71.6 cm³/mol. The molecular formula is C13H22N4O. The predicted octanol–water partition coefficient (Wildman–Crippen LogP) is 2.25. The summed E-state index contributed by atoms with van der Waals surface area (Å²) < 4.78 is 1.74. The number of anilines is 1. The van der Waals surface area contributed by atoms with E-state index in [2.05, 4.69) is 17.3 Å². The van der Waals surface area contributed by atoms with E-state index in [0.29, 0.717) is 5.92 Å². The minimum Gasteiger partial charge on any atom is -0.324 e. The molecule has 18 heavy (non-hydrogen) atoms. The molecule has 5 nitrogen and oxygen atoms in total. The third-order valence-corrected chi connectivity index (χ3v) is 3.43. The second-order valence-electron chi connectivity index (χ2n) is 5.14. The lowest BCUT2D eigenvalue weighted by Crippen LogP contribution is -2.41. The summed E-state index contributed by atoms with van der Waals surface area (Å²) in [5.74, 6) is 0.601. The van der Waals surface area contributed by atoms with Gasteiger partial charge in [-0.25, -0.2) is 4.79 Å². The third-order valence-electron chi connectivity index (χ3n) is 3.43. The van der Waals surface area contributed by atoms with Gasteiger partial charge in [0.05, 0.1) is 11.4 Å². The van der Waals surface area contributed by atoms with Crippen molar-refractivity contribution >= 4 is 11.7 Å². The highest BCUT2D eigenvalue weighted by molar-refractivity contribution is 5.89. The summed E-state index contributed by atoms with van der Waals surface area (Å²) >= 11 is 0. The van der Waals surface area contributed by atoms with Crippen molar-refractivity contribution < 1.29 is 4.79 Å². The fourth-order valence-corrected chi connectivity index (χ4v) is 2.47. The number of carbonyl (C=O) groups is 1. The summed E-state index contributed by atoms with van der Waals surface area (Å²) in [7, 11) is 1.87. The van der Waals surface area contributed by atoms with Crippen LogP contribution in [0.1, 0.15) is 32.4 Å². The number of piperidine rings is 1. The van der Waals surface area contributed by atoms with Crippen LogP contribution in [0.15, 0.2) is 6.20 Å². The number of hydrogen-bond acceptors (Lipinski definition) is 2. The van der Waals surface area contributed by atoms with Gasteiger partial charge in [-0.15, -0.1) is 0 Å². The monoisotopic (exact) mass is 250 g/mol. The van der Waals surface area contributed by atoms with Crippen LogP contribution < -0.4 is 5.32 Å². The normalized spacial score (nSPS) is 19.9. The minimum atomic E-state index is 0.00394. The molecule has 100 valence electrons. The highest BCUT2D eigenvalue weighted by Gasteiger charge is 2.21. The molecule has 1 atom stereocenters. The van der Waals surface area contributed by atoms with E-state index in [1.54, 1.807) is 4.68 Å². The van der Waals surface area contributed by atoms with Gasteiger partial charge in [-0.2, -0.15) is 5.10 Å². The van der Waals surface area contributed by atoms with Crippen LogP contribution in [0.2, 0.25) is 0 Å². The number of nitrogens with one attached hydrogen (secondary N) is 1. The molecular weight excluding hydrogens is 228 g/mol. The SMILES string of the molecule is CCc1nn(C)cc1NC(=O)N1CCCC(C)C1. The average Bonchev–Trinajstić information content (AvgIpc) is 2.69. The van der Waals surface area contributed by atoms with E-state index in [9.17, 15) is 4.79 Å². The van der Waals surface area contributed by atoms with E-state index >= 15 is 0 Å². The first-order valence-corrected chi connectivity index (χ1v) is 6.68. The topological polar surface area (TPSA) is 50.2 Å². The second-order valence-corrected chi connectivity index (χ2v) is 5.14. The first kappa shape index (κ1) is 12.9. The average molecular weight is 250 g/mol. The van der Waals surface area contributed by atoms with Crippen molar-refractivity contribution in [2.24, 2.45) is 13.0 Å². The lowest BCUT2D eigenvalue weighted by atomic mass is 10.0. The number of hydrogen-bond donors (Lipinski definition) is 1. The van der Waals surface area contributed by atoms with E-state index in [4.69, 9.17) is 0 Å². The molecule has 0 saturated carbocycles. The molecule has 0 bridgehead atoms. The minimum absolute atomic E-state index is 0.00394. The fourth-order valence-electron chi connectivity index (χ4n) is 2.47. The number of carbonyl (C=O) groups excluding carboxylic acids is 1. The molecule has 0 aromatic carbocycles. The van der Waals surface area contributed by atoms with E-state index in [-0.39, 0.29) is 6.03 Å². The zero-order valence-corrected chi connectivity index (χ0v) is 11.4. The van der Waals surface area contributed by atoms with Crippen molar-refractivity contribution in [1.82, 2.24) is 14.7 Å². The number of urea groups is 1. The molecule has 0 spiro atoms. The number of nitrogens with zero attached hydrogens (tertiary/aromatic N) is 3. The van der Waals surface area contributed by atoms with Gasteiger partial charge in [0, 0.05) is 26.3 Å². The maximum absolute atomic E-state index is 12.2. The Labute approximate surface area is 108 Å². The van der Waals surface area contributed by atoms with E-state index < -0.39 is 0 Å². The number of likely N-dealkylation sites (tertiary alicyclic amines) is 1. The molecule has 0 radical (unpaired) electrons. The Balaban J connectivity index is 2.01. The molecule has 1 aromatic heterocycles. The number of aryl methyl sites for hydroxylation is 2. The summed E-state index contributed by atoms with van der Waals surface area (Å²) in [5.41, 5.74) is 1.78. The Morgan fingerprint density at radius 1 is 1.61 bits per heavy atom. The highest BCUT2D eigenvalue weighted by atomic mass is 16.2. The van der Waals surface area contributed by atoms with Crippen LogP contribution in [0.3, 0.4) is 0 Å². The second kappa shape index (κ2) is 5.42. The van der Waals surface area contributed by atoms with Crippen LogP contribution in [-0.2, 0) is 13.5 Å². The largest absolute Gasteiger partial charge is 0.324 e. The van der Waals surface area contributed by atoms with Crippen LogP contribution in [0.5, 0.6) is 0 Å². The Morgan fingerprint density at radius 2 is 2.39 bits per heavy atom. The number of aromatic nitrogens is 2. The molecule has 0 aliphatic carbocycles. The van der Waals surface area contributed by atoms with Crippen molar-refractivity contribution in [2.45, 2.75) is 33.1 Å². The van der Waals surface area contributed by atoms with Crippen molar-refractivity contribution in [2.75, 3.05) is 18.4 Å². The van der Waals surface area contributed by atoms with Gasteiger partial charge < -0.3 is 10.2 Å². The first-order valence-electron chi connectivity index (χ1n) is 6.68. The Kier molecular flexibility index (Phi) is 3.89. The maximum atomic E-state index is 12.2. The Bertz CT molecular complexity index is 427. The zero-order valence-electron chi connectivity index (χ0n) is 11.4. The van der Waals surface area contributed by atoms with Crippen LogP contribution >= 0.6 is 0 Å². The summed E-state index contributed by atoms with van der Waals surface area (Å²) in [5, 5.41) is 7.30. The molecule has 2 heterocycles. The standard InChI is InChI=1S/C13H22N4O/c1-4-11-12(9-16(3)15-11)14-13(18)17-7-5-6-10(2)8-17/h9-10H,4-8H2,1-3H3,(H,14,18). The zero-order chi connectivity index (χ0) is 13.1. The summed E-state index contributed by atoms with van der Waals surface area (Å²) in [6, 6.07) is 0.00394. The quantitative estimate of drug-likeness (QED) is 0.875. The molecule has 5 heteroatoms. The molecule has 2 amide bonds. The van der Waals surface area contributed by atoms with Gasteiger partial charge in [0.25, 0.3) is 0 Å². The first-order chi connectivity index (χ1) is 8.60. The molecule has 1 fully saturated rings. The highest BCUT2D eigenvalue weighted by Crippen LogP contribution is 2.18. The van der Waals surface area contributed by atoms with E-state index in [1.165, 1.54) is 6.42 Å². The molecule has 1 unspecified atom stereocenters. The third kappa shape index (κ3) is 2.83. The van der Waals surface area contributed by atoms with E-state index in [1.807, 2.05) is 25.1 Å². The smallest absolute Gasteiger partial charge is 0.321 e. The van der Waals surface area contributed by atoms with Gasteiger partial charge >= 0.3 is 6.03 Å². The fraction of sp³-hybridized carbons (Fsp3) is 0.692. The van der Waals surface area contributed by atoms with Gasteiger partial charge in [-0.05, 0) is 25.2 Å². The molecule has 2 rings (SSSR count). The Hall–Kier alpha value is -1.52. The van der Waals surface area contributed by atoms with Gasteiger partial charge in [0.15, 0.2) is 0 Å². The Morgan fingerprint density at radius 3 is 3.06 bits per heavy atom. The lowest BCUT2D eigenvalue weighted by Gasteiger charge is -2.30. The summed E-state index contributed by atoms with van der Waals surface area (Å²) in [6.45, 7) is 5.95. The van der Waals surface area contributed by atoms with Crippen molar-refractivity contribution in [3.63, 3.8) is 0 Å². The van der Waals surface area contributed by atoms with Gasteiger partial charge in [-0.1, -0.05) is 13.8 Å². The summed E-state index contributed by atoms with van der Waals surface area (Å²) in [4.78, 5) is 14.1. The summed E-state index contributed by atoms with van der Waals surface area (Å²) in [6.07, 6.45) is 5.01. The molecule has 1 aliphatic rings. The molecule has 1 N–H and O–H groups in total. The lowest BCUT2D eigenvalue weighted by molar-refractivity contribution is 0.182. The van der Waals surface area contributed by atoms with Crippen LogP contribution in [0.4, 0.5) is 10.5 Å². The van der Waals surface area contributed by atoms with Crippen molar-refractivity contribution in [3.05, 3.63) is 11.9 Å². The van der Waals surface area contributed by atoms with Crippen molar-refractivity contribution in [1.29, 1.82) is 0 Å². The number of rotatable bonds is 2. The van der Waals surface area contributed by atoms with Crippen LogP contribution in [-0.4, -0.2) is 33.8 Å². The van der Waals surface area contributed by atoms with Crippen molar-refractivity contribution in [3.8, 4) is 0 Å². The van der Waals surface area contributed by atoms with Crippen LogP contribution in [0.25, 0.3) is 0 Å². The van der Waals surface area contributed by atoms with Crippen LogP contribution in [0, 0.1) is 5.92 Å². The van der Waals surface area contributed by atoms with Gasteiger partial charge in [-0.3, -0.25) is 4.68 Å². The van der Waals surface area contributed by atoms with Gasteiger partial charge in [0.2, 0.25) is 0 Å². The van der Waals surface area contributed by atoms with E-state index in [0.717, 1.165) is 37.3 Å². The molecule has 1 aromatic rings.